The molecule has 0 aromatic heterocycles. The number of rotatable bonds is 6. The van der Waals surface area contributed by atoms with Gasteiger partial charge in [0.2, 0.25) is 0 Å². The maximum absolute atomic E-state index is 5.24. The van der Waals surface area contributed by atoms with Crippen LogP contribution in [0.5, 0.6) is 5.75 Å². The molecule has 1 aromatic rings. The van der Waals surface area contributed by atoms with Crippen LogP contribution in [-0.2, 0) is 0 Å². The summed E-state index contributed by atoms with van der Waals surface area (Å²) in [7, 11) is 6.04. The lowest BCUT2D eigenvalue weighted by Gasteiger charge is -2.38. The predicted molar refractivity (Wildman–Crippen MR) is 88.8 cm³/mol. The molecular weight excluding hydrogens is 260 g/mol. The smallest absolute Gasteiger partial charge is 0.118 e. The van der Waals surface area contributed by atoms with E-state index in [0.29, 0.717) is 6.04 Å². The minimum Gasteiger partial charge on any atom is -0.497 e. The van der Waals surface area contributed by atoms with Gasteiger partial charge in [-0.05, 0) is 50.6 Å². The van der Waals surface area contributed by atoms with Crippen molar-refractivity contribution in [2.75, 3.05) is 27.7 Å². The van der Waals surface area contributed by atoms with Gasteiger partial charge in [-0.15, -0.1) is 0 Å². The van der Waals surface area contributed by atoms with Gasteiger partial charge in [-0.2, -0.15) is 0 Å². The zero-order valence-electron chi connectivity index (χ0n) is 13.9. The van der Waals surface area contributed by atoms with Crippen LogP contribution in [0.15, 0.2) is 24.3 Å². The van der Waals surface area contributed by atoms with Crippen LogP contribution in [0.4, 0.5) is 0 Å². The summed E-state index contributed by atoms with van der Waals surface area (Å²) in [5.74, 6) is 1.74. The number of methoxy groups -OCH3 is 1. The van der Waals surface area contributed by atoms with Crippen molar-refractivity contribution in [2.45, 2.75) is 44.7 Å². The Morgan fingerprint density at radius 1 is 1.24 bits per heavy atom. The largest absolute Gasteiger partial charge is 0.497 e. The summed E-state index contributed by atoms with van der Waals surface area (Å²) in [6, 6.07) is 9.52. The average molecular weight is 290 g/mol. The summed E-state index contributed by atoms with van der Waals surface area (Å²) in [5.41, 5.74) is 1.33. The first-order valence-electron chi connectivity index (χ1n) is 8.17. The van der Waals surface area contributed by atoms with Crippen LogP contribution >= 0.6 is 0 Å². The molecule has 0 radical (unpaired) electrons. The molecule has 1 fully saturated rings. The summed E-state index contributed by atoms with van der Waals surface area (Å²) >= 11 is 0. The molecule has 21 heavy (non-hydrogen) atoms. The number of hydrogen-bond donors (Lipinski definition) is 1. The molecule has 3 heteroatoms. The van der Waals surface area contributed by atoms with Crippen LogP contribution < -0.4 is 10.1 Å². The first-order valence-corrected chi connectivity index (χ1v) is 8.17. The molecule has 0 saturated heterocycles. The minimum absolute atomic E-state index is 0.370. The van der Waals surface area contributed by atoms with Crippen LogP contribution in [0, 0.1) is 5.92 Å². The highest BCUT2D eigenvalue weighted by Gasteiger charge is 2.26. The molecule has 0 bridgehead atoms. The molecule has 2 rings (SSSR count). The molecule has 1 saturated carbocycles. The van der Waals surface area contributed by atoms with Crippen molar-refractivity contribution in [3.8, 4) is 5.75 Å². The lowest BCUT2D eigenvalue weighted by atomic mass is 9.85. The van der Waals surface area contributed by atoms with Gasteiger partial charge in [0.15, 0.2) is 0 Å². The van der Waals surface area contributed by atoms with Gasteiger partial charge in [-0.3, -0.25) is 0 Å². The molecule has 0 spiro atoms. The first kappa shape index (κ1) is 16.3. The lowest BCUT2D eigenvalue weighted by molar-refractivity contribution is 0.129. The SMILES string of the molecule is CNC(CN(C)C1CCCCC1C)c1ccc(OC)cc1. The number of ether oxygens (including phenoxy) is 1. The number of hydrogen-bond acceptors (Lipinski definition) is 3. The molecule has 3 atom stereocenters. The molecule has 1 aromatic carbocycles. The summed E-state index contributed by atoms with van der Waals surface area (Å²) < 4.78 is 5.24. The lowest BCUT2D eigenvalue weighted by Crippen LogP contribution is -2.42. The number of likely N-dealkylation sites (N-methyl/N-ethyl adjacent to an activating group) is 2. The van der Waals surface area contributed by atoms with E-state index in [-0.39, 0.29) is 0 Å². The van der Waals surface area contributed by atoms with Crippen LogP contribution in [0.25, 0.3) is 0 Å². The average Bonchev–Trinajstić information content (AvgIpc) is 2.53. The molecule has 118 valence electrons. The molecule has 1 aliphatic rings. The van der Waals surface area contributed by atoms with Gasteiger partial charge >= 0.3 is 0 Å². The Kier molecular flexibility index (Phi) is 6.07. The van der Waals surface area contributed by atoms with Crippen molar-refractivity contribution >= 4 is 0 Å². The third-order valence-electron chi connectivity index (χ3n) is 4.97. The van der Waals surface area contributed by atoms with Crippen LogP contribution in [0.1, 0.15) is 44.2 Å². The molecule has 3 unspecified atom stereocenters. The second-order valence-electron chi connectivity index (χ2n) is 6.38. The van der Waals surface area contributed by atoms with E-state index in [4.69, 9.17) is 4.74 Å². The van der Waals surface area contributed by atoms with Crippen molar-refractivity contribution in [3.05, 3.63) is 29.8 Å². The summed E-state index contributed by atoms with van der Waals surface area (Å²) in [6.45, 7) is 3.46. The van der Waals surface area contributed by atoms with E-state index >= 15 is 0 Å². The van der Waals surface area contributed by atoms with E-state index in [0.717, 1.165) is 24.3 Å². The zero-order valence-corrected chi connectivity index (χ0v) is 13.9. The molecule has 0 amide bonds. The second kappa shape index (κ2) is 7.81. The van der Waals surface area contributed by atoms with Gasteiger partial charge in [-0.1, -0.05) is 31.9 Å². The standard InChI is InChI=1S/C18H30N2O/c1-14-7-5-6-8-18(14)20(3)13-17(19-2)15-9-11-16(21-4)12-10-15/h9-12,14,17-19H,5-8,13H2,1-4H3. The van der Waals surface area contributed by atoms with Gasteiger partial charge in [0.25, 0.3) is 0 Å². The monoisotopic (exact) mass is 290 g/mol. The van der Waals surface area contributed by atoms with Gasteiger partial charge in [0, 0.05) is 18.6 Å². The van der Waals surface area contributed by atoms with E-state index in [1.54, 1.807) is 7.11 Å². The number of benzene rings is 1. The van der Waals surface area contributed by atoms with Gasteiger partial charge < -0.3 is 15.0 Å². The first-order chi connectivity index (χ1) is 10.2. The minimum atomic E-state index is 0.370. The van der Waals surface area contributed by atoms with E-state index in [9.17, 15) is 0 Å². The second-order valence-corrected chi connectivity index (χ2v) is 6.38. The maximum Gasteiger partial charge on any atom is 0.118 e. The Labute approximate surface area is 129 Å². The van der Waals surface area contributed by atoms with Gasteiger partial charge in [-0.25, -0.2) is 0 Å². The van der Waals surface area contributed by atoms with E-state index in [1.165, 1.54) is 31.2 Å². The highest BCUT2D eigenvalue weighted by atomic mass is 16.5. The molecule has 1 aliphatic carbocycles. The van der Waals surface area contributed by atoms with Crippen molar-refractivity contribution < 1.29 is 4.74 Å². The fourth-order valence-electron chi connectivity index (χ4n) is 3.57. The van der Waals surface area contributed by atoms with E-state index in [2.05, 4.69) is 36.3 Å². The fourth-order valence-corrected chi connectivity index (χ4v) is 3.57. The number of nitrogens with zero attached hydrogens (tertiary/aromatic N) is 1. The molecule has 0 heterocycles. The topological polar surface area (TPSA) is 24.5 Å². The third-order valence-corrected chi connectivity index (χ3v) is 4.97. The zero-order chi connectivity index (χ0) is 15.2. The molecular formula is C18H30N2O. The van der Waals surface area contributed by atoms with Crippen molar-refractivity contribution in [1.82, 2.24) is 10.2 Å². The summed E-state index contributed by atoms with van der Waals surface area (Å²) in [6.07, 6.45) is 5.50. The van der Waals surface area contributed by atoms with Crippen LogP contribution in [-0.4, -0.2) is 38.7 Å². The van der Waals surface area contributed by atoms with Gasteiger partial charge in [0.05, 0.1) is 7.11 Å². The van der Waals surface area contributed by atoms with Crippen molar-refractivity contribution in [1.29, 1.82) is 0 Å². The van der Waals surface area contributed by atoms with E-state index < -0.39 is 0 Å². The van der Waals surface area contributed by atoms with Crippen LogP contribution in [0.2, 0.25) is 0 Å². The van der Waals surface area contributed by atoms with Gasteiger partial charge in [0.1, 0.15) is 5.75 Å². The number of nitrogens with one attached hydrogen (secondary N) is 1. The highest BCUT2D eigenvalue weighted by molar-refractivity contribution is 5.29. The van der Waals surface area contributed by atoms with Crippen molar-refractivity contribution in [3.63, 3.8) is 0 Å². The molecule has 0 aliphatic heterocycles. The predicted octanol–water partition coefficient (Wildman–Crippen LogP) is 3.47. The fraction of sp³-hybridized carbons (Fsp3) is 0.667. The maximum atomic E-state index is 5.24. The normalized spacial score (nSPS) is 24.0. The van der Waals surface area contributed by atoms with Crippen LogP contribution in [0.3, 0.4) is 0 Å². The highest BCUT2D eigenvalue weighted by Crippen LogP contribution is 2.28. The molecule has 3 nitrogen and oxygen atoms in total. The summed E-state index contributed by atoms with van der Waals surface area (Å²) in [5, 5.41) is 3.46. The Bertz CT molecular complexity index is 418. The Balaban J connectivity index is 2.00. The Morgan fingerprint density at radius 3 is 2.48 bits per heavy atom. The van der Waals surface area contributed by atoms with E-state index in [1.807, 2.05) is 19.2 Å². The Morgan fingerprint density at radius 2 is 1.90 bits per heavy atom. The third kappa shape index (κ3) is 4.21. The van der Waals surface area contributed by atoms with Crippen molar-refractivity contribution in [2.24, 2.45) is 5.92 Å². The molecule has 1 N–H and O–H groups in total. The summed E-state index contributed by atoms with van der Waals surface area (Å²) in [4.78, 5) is 2.55. The Hall–Kier alpha value is -1.06. The quantitative estimate of drug-likeness (QED) is 0.868.